The van der Waals surface area contributed by atoms with E-state index in [9.17, 15) is 4.79 Å². The van der Waals surface area contributed by atoms with E-state index in [0.29, 0.717) is 12.7 Å². The summed E-state index contributed by atoms with van der Waals surface area (Å²) in [5.74, 6) is 0.843. The van der Waals surface area contributed by atoms with Crippen molar-refractivity contribution in [3.8, 4) is 5.75 Å². The molecule has 1 fully saturated rings. The maximum absolute atomic E-state index is 11.5. The number of amides is 1. The molecule has 0 aromatic heterocycles. The molecule has 1 amide bonds. The molecule has 0 saturated heterocycles. The predicted molar refractivity (Wildman–Crippen MR) is 114 cm³/mol. The van der Waals surface area contributed by atoms with Crippen LogP contribution < -0.4 is 9.64 Å². The Hall–Kier alpha value is -2.37. The first-order chi connectivity index (χ1) is 14.0. The Bertz CT molecular complexity index is 810. The number of carbonyl (C=O) groups is 1. The zero-order valence-electron chi connectivity index (χ0n) is 17.8. The van der Waals surface area contributed by atoms with Crippen LogP contribution in [-0.4, -0.2) is 33.3 Å². The lowest BCUT2D eigenvalue weighted by atomic mass is 9.78. The number of methoxy groups -OCH3 is 2. The van der Waals surface area contributed by atoms with Gasteiger partial charge in [0.1, 0.15) is 12.4 Å². The van der Waals surface area contributed by atoms with E-state index in [1.807, 2.05) is 36.4 Å². The molecule has 1 aliphatic rings. The quantitative estimate of drug-likeness (QED) is 0.681. The molecule has 1 aliphatic carbocycles. The van der Waals surface area contributed by atoms with Crippen molar-refractivity contribution in [2.75, 3.05) is 26.2 Å². The number of benzene rings is 2. The van der Waals surface area contributed by atoms with Gasteiger partial charge in [0.05, 0.1) is 11.7 Å². The molecule has 5 nitrogen and oxygen atoms in total. The second kappa shape index (κ2) is 9.42. The highest BCUT2D eigenvalue weighted by Gasteiger charge is 2.37. The monoisotopic (exact) mass is 397 g/mol. The van der Waals surface area contributed by atoms with Crippen molar-refractivity contribution in [1.29, 1.82) is 0 Å². The average molecular weight is 398 g/mol. The molecule has 0 bridgehead atoms. The summed E-state index contributed by atoms with van der Waals surface area (Å²) in [6, 6.07) is 16.1. The van der Waals surface area contributed by atoms with Gasteiger partial charge in [-0.2, -0.15) is 0 Å². The van der Waals surface area contributed by atoms with Gasteiger partial charge < -0.3 is 19.1 Å². The molecule has 0 radical (unpaired) electrons. The largest absolute Gasteiger partial charge is 0.489 e. The molecule has 0 aliphatic heterocycles. The molecule has 1 saturated carbocycles. The molecule has 0 N–H and O–H groups in total. The van der Waals surface area contributed by atoms with Gasteiger partial charge in [0, 0.05) is 33.9 Å². The minimum Gasteiger partial charge on any atom is -0.489 e. The third kappa shape index (κ3) is 4.98. The number of anilines is 1. The smallest absolute Gasteiger partial charge is 0.223 e. The standard InChI is InChI=1S/C24H31NO4/c1-18(26)25(2)21-10-8-19(9-11-21)17-29-23-7-5-6-20(16-23)24(28-4)14-12-22(27-3)13-15-24/h5-11,16,22H,12-15,17H2,1-4H3/t22-,24-. The lowest BCUT2D eigenvalue weighted by molar-refractivity contribution is -0.116. The van der Waals surface area contributed by atoms with E-state index in [4.69, 9.17) is 14.2 Å². The number of ether oxygens (including phenoxy) is 3. The topological polar surface area (TPSA) is 48.0 Å². The molecule has 0 atom stereocenters. The van der Waals surface area contributed by atoms with Crippen LogP contribution in [0.1, 0.15) is 43.7 Å². The minimum atomic E-state index is -0.271. The summed E-state index contributed by atoms with van der Waals surface area (Å²) in [5.41, 5.74) is 2.81. The van der Waals surface area contributed by atoms with Crippen LogP contribution in [0.15, 0.2) is 48.5 Å². The lowest BCUT2D eigenvalue weighted by Gasteiger charge is -2.39. The van der Waals surface area contributed by atoms with E-state index in [1.54, 1.807) is 33.1 Å². The van der Waals surface area contributed by atoms with Crippen molar-refractivity contribution < 1.29 is 19.0 Å². The minimum absolute atomic E-state index is 0.0115. The lowest BCUT2D eigenvalue weighted by Crippen LogP contribution is -2.35. The Morgan fingerprint density at radius 2 is 1.79 bits per heavy atom. The molecule has 0 spiro atoms. The van der Waals surface area contributed by atoms with Gasteiger partial charge in [0.25, 0.3) is 0 Å². The fourth-order valence-corrected chi connectivity index (χ4v) is 3.94. The second-order valence-corrected chi connectivity index (χ2v) is 7.69. The Morgan fingerprint density at radius 1 is 1.10 bits per heavy atom. The maximum Gasteiger partial charge on any atom is 0.223 e. The first kappa shape index (κ1) is 21.3. The Morgan fingerprint density at radius 3 is 2.38 bits per heavy atom. The molecular formula is C24H31NO4. The van der Waals surface area contributed by atoms with Gasteiger partial charge in [-0.3, -0.25) is 4.79 Å². The van der Waals surface area contributed by atoms with Crippen LogP contribution in [0, 0.1) is 0 Å². The van der Waals surface area contributed by atoms with E-state index in [-0.39, 0.29) is 11.5 Å². The SMILES string of the molecule is CO[C@H]1CC[C@@](OC)(c2cccc(OCc3ccc(N(C)C(C)=O)cc3)c2)CC1. The molecule has 29 heavy (non-hydrogen) atoms. The van der Waals surface area contributed by atoms with Gasteiger partial charge in [-0.15, -0.1) is 0 Å². The molecule has 156 valence electrons. The zero-order chi connectivity index (χ0) is 20.9. The van der Waals surface area contributed by atoms with Gasteiger partial charge in [-0.05, 0) is 61.1 Å². The zero-order valence-corrected chi connectivity index (χ0v) is 17.8. The van der Waals surface area contributed by atoms with Crippen molar-refractivity contribution in [3.63, 3.8) is 0 Å². The van der Waals surface area contributed by atoms with E-state index < -0.39 is 0 Å². The van der Waals surface area contributed by atoms with E-state index in [1.165, 1.54) is 0 Å². The molecule has 5 heteroatoms. The Labute approximate surface area is 173 Å². The number of hydrogen-bond acceptors (Lipinski definition) is 4. The number of rotatable bonds is 7. The number of hydrogen-bond donors (Lipinski definition) is 0. The number of carbonyl (C=O) groups excluding carboxylic acids is 1. The van der Waals surface area contributed by atoms with Crippen LogP contribution in [0.4, 0.5) is 5.69 Å². The summed E-state index contributed by atoms with van der Waals surface area (Å²) in [5, 5.41) is 0. The van der Waals surface area contributed by atoms with Crippen LogP contribution in [0.2, 0.25) is 0 Å². The predicted octanol–water partition coefficient (Wildman–Crippen LogP) is 4.68. The van der Waals surface area contributed by atoms with Crippen molar-refractivity contribution in [2.45, 2.75) is 50.9 Å². The fourth-order valence-electron chi connectivity index (χ4n) is 3.94. The average Bonchev–Trinajstić information content (AvgIpc) is 2.77. The molecule has 2 aromatic carbocycles. The van der Waals surface area contributed by atoms with Gasteiger partial charge in [0.15, 0.2) is 0 Å². The summed E-state index contributed by atoms with van der Waals surface area (Å²) in [7, 11) is 5.34. The van der Waals surface area contributed by atoms with Gasteiger partial charge in [-0.1, -0.05) is 24.3 Å². The summed E-state index contributed by atoms with van der Waals surface area (Å²) < 4.78 is 17.5. The van der Waals surface area contributed by atoms with E-state index >= 15 is 0 Å². The van der Waals surface area contributed by atoms with Gasteiger partial charge in [0.2, 0.25) is 5.91 Å². The summed E-state index contributed by atoms with van der Waals surface area (Å²) in [4.78, 5) is 13.1. The first-order valence-corrected chi connectivity index (χ1v) is 10.1. The molecular weight excluding hydrogens is 366 g/mol. The highest BCUT2D eigenvalue weighted by Crippen LogP contribution is 2.41. The van der Waals surface area contributed by atoms with Crippen molar-refractivity contribution in [2.24, 2.45) is 0 Å². The Balaban J connectivity index is 1.66. The summed E-state index contributed by atoms with van der Waals surface area (Å²) in [6.07, 6.45) is 4.20. The molecule has 0 heterocycles. The van der Waals surface area contributed by atoms with Crippen LogP contribution in [0.3, 0.4) is 0 Å². The van der Waals surface area contributed by atoms with Crippen molar-refractivity contribution >= 4 is 11.6 Å². The second-order valence-electron chi connectivity index (χ2n) is 7.69. The third-order valence-electron chi connectivity index (χ3n) is 6.03. The van der Waals surface area contributed by atoms with Crippen LogP contribution in [0.5, 0.6) is 5.75 Å². The fraction of sp³-hybridized carbons (Fsp3) is 0.458. The Kier molecular flexibility index (Phi) is 6.93. The first-order valence-electron chi connectivity index (χ1n) is 10.1. The molecule has 3 rings (SSSR count). The number of nitrogens with zero attached hydrogens (tertiary/aromatic N) is 1. The van der Waals surface area contributed by atoms with Crippen LogP contribution in [-0.2, 0) is 26.5 Å². The highest BCUT2D eigenvalue weighted by atomic mass is 16.5. The maximum atomic E-state index is 11.5. The van der Waals surface area contributed by atoms with Crippen molar-refractivity contribution in [3.05, 3.63) is 59.7 Å². The van der Waals surface area contributed by atoms with Crippen LogP contribution >= 0.6 is 0 Å². The van der Waals surface area contributed by atoms with E-state index in [2.05, 4.69) is 12.1 Å². The third-order valence-corrected chi connectivity index (χ3v) is 6.03. The molecule has 0 unspecified atom stereocenters. The van der Waals surface area contributed by atoms with Gasteiger partial charge >= 0.3 is 0 Å². The molecule has 2 aromatic rings. The van der Waals surface area contributed by atoms with Crippen molar-refractivity contribution in [1.82, 2.24) is 0 Å². The summed E-state index contributed by atoms with van der Waals surface area (Å²) in [6.45, 7) is 2.03. The van der Waals surface area contributed by atoms with Gasteiger partial charge in [-0.25, -0.2) is 0 Å². The van der Waals surface area contributed by atoms with E-state index in [0.717, 1.165) is 48.2 Å². The highest BCUT2D eigenvalue weighted by molar-refractivity contribution is 5.90. The summed E-state index contributed by atoms with van der Waals surface area (Å²) >= 11 is 0. The van der Waals surface area contributed by atoms with Crippen LogP contribution in [0.25, 0.3) is 0 Å². The normalized spacial score (nSPS) is 21.6.